The molecule has 0 saturated carbocycles. The van der Waals surface area contributed by atoms with Crippen molar-refractivity contribution in [2.24, 2.45) is 0 Å². The number of amides is 2. The van der Waals surface area contributed by atoms with Crippen LogP contribution in [0.2, 0.25) is 0 Å². The minimum Gasteiger partial charge on any atom is -0.343 e. The van der Waals surface area contributed by atoms with Crippen LogP contribution in [0.25, 0.3) is 0 Å². The number of benzene rings is 2. The Bertz CT molecular complexity index is 1420. The third-order valence-electron chi connectivity index (χ3n) is 7.19. The van der Waals surface area contributed by atoms with E-state index in [9.17, 15) is 22.6 Å². The molecule has 11 heteroatoms. The van der Waals surface area contributed by atoms with E-state index in [1.165, 1.54) is 12.1 Å². The van der Waals surface area contributed by atoms with E-state index in [1.807, 2.05) is 30.3 Å². The highest BCUT2D eigenvalue weighted by atomic mass is 32.2. The van der Waals surface area contributed by atoms with Crippen molar-refractivity contribution in [2.75, 3.05) is 13.6 Å². The molecule has 1 saturated heterocycles. The van der Waals surface area contributed by atoms with Crippen LogP contribution in [0.15, 0.2) is 71.9 Å². The van der Waals surface area contributed by atoms with E-state index < -0.39 is 22.2 Å². The Labute approximate surface area is 235 Å². The predicted octanol–water partition coefficient (Wildman–Crippen LogP) is 2.70. The zero-order valence-corrected chi connectivity index (χ0v) is 23.5. The molecule has 3 N–H and O–H groups in total. The summed E-state index contributed by atoms with van der Waals surface area (Å²) >= 11 is 0. The maximum atomic E-state index is 13.9. The summed E-state index contributed by atoms with van der Waals surface area (Å²) < 4.78 is 32.0. The van der Waals surface area contributed by atoms with Crippen molar-refractivity contribution in [2.45, 2.75) is 62.0 Å². The SMILES string of the molecule is CN[C@@H](C)C(=O)N[C@@H](CCc1ccc(S(=O)(=O)O)cc1)C(=O)N1CCC[C@@H]1c1cncc(Cc2ccccc2)n1. The Balaban J connectivity index is 1.52. The number of aryl methyl sites for hydroxylation is 1. The zero-order valence-electron chi connectivity index (χ0n) is 22.7. The first-order valence-corrected chi connectivity index (χ1v) is 14.8. The molecule has 0 radical (unpaired) electrons. The average molecular weight is 566 g/mol. The summed E-state index contributed by atoms with van der Waals surface area (Å²) in [5.41, 5.74) is 3.45. The van der Waals surface area contributed by atoms with Gasteiger partial charge in [0, 0.05) is 19.2 Å². The molecule has 0 unspecified atom stereocenters. The monoisotopic (exact) mass is 565 g/mol. The van der Waals surface area contributed by atoms with Gasteiger partial charge < -0.3 is 15.5 Å². The highest BCUT2D eigenvalue weighted by Crippen LogP contribution is 2.31. The lowest BCUT2D eigenvalue weighted by Gasteiger charge is -2.30. The second kappa shape index (κ2) is 13.1. The van der Waals surface area contributed by atoms with E-state index in [4.69, 9.17) is 4.98 Å². The number of nitrogens with zero attached hydrogens (tertiary/aromatic N) is 3. The Morgan fingerprint density at radius 2 is 1.80 bits per heavy atom. The average Bonchev–Trinajstić information content (AvgIpc) is 3.45. The van der Waals surface area contributed by atoms with Crippen LogP contribution in [0.3, 0.4) is 0 Å². The van der Waals surface area contributed by atoms with Crippen LogP contribution >= 0.6 is 0 Å². The molecule has 0 spiro atoms. The van der Waals surface area contributed by atoms with E-state index in [2.05, 4.69) is 15.6 Å². The summed E-state index contributed by atoms with van der Waals surface area (Å²) in [5, 5.41) is 5.80. The van der Waals surface area contributed by atoms with E-state index in [0.29, 0.717) is 25.8 Å². The number of likely N-dealkylation sites (tertiary alicyclic amines) is 1. The zero-order chi connectivity index (χ0) is 28.7. The fraction of sp³-hybridized carbons (Fsp3) is 0.379. The number of aromatic nitrogens is 2. The predicted molar refractivity (Wildman–Crippen MR) is 150 cm³/mol. The molecule has 10 nitrogen and oxygen atoms in total. The summed E-state index contributed by atoms with van der Waals surface area (Å²) in [4.78, 5) is 37.5. The highest BCUT2D eigenvalue weighted by molar-refractivity contribution is 7.85. The maximum absolute atomic E-state index is 13.9. The van der Waals surface area contributed by atoms with Crippen molar-refractivity contribution in [1.82, 2.24) is 25.5 Å². The smallest absolute Gasteiger partial charge is 0.294 e. The number of carbonyl (C=O) groups is 2. The van der Waals surface area contributed by atoms with Gasteiger partial charge in [-0.3, -0.25) is 24.1 Å². The van der Waals surface area contributed by atoms with Gasteiger partial charge in [-0.05, 0) is 62.9 Å². The molecule has 0 aliphatic carbocycles. The van der Waals surface area contributed by atoms with Crippen LogP contribution in [0.5, 0.6) is 0 Å². The molecule has 2 amide bonds. The van der Waals surface area contributed by atoms with Crippen molar-refractivity contribution < 1.29 is 22.6 Å². The van der Waals surface area contributed by atoms with Crippen LogP contribution in [0.4, 0.5) is 0 Å². The summed E-state index contributed by atoms with van der Waals surface area (Å²) in [6.45, 7) is 2.27. The third-order valence-corrected chi connectivity index (χ3v) is 8.06. The summed E-state index contributed by atoms with van der Waals surface area (Å²) in [6.07, 6.45) is 6.38. The van der Waals surface area contributed by atoms with Gasteiger partial charge in [-0.1, -0.05) is 42.5 Å². The van der Waals surface area contributed by atoms with Gasteiger partial charge >= 0.3 is 0 Å². The molecule has 4 rings (SSSR count). The lowest BCUT2D eigenvalue weighted by Crippen LogP contribution is -2.52. The van der Waals surface area contributed by atoms with Gasteiger partial charge in [-0.25, -0.2) is 0 Å². The summed E-state index contributed by atoms with van der Waals surface area (Å²) in [7, 11) is -2.62. The molecule has 1 aromatic heterocycles. The fourth-order valence-corrected chi connectivity index (χ4v) is 5.32. The molecule has 3 atom stereocenters. The van der Waals surface area contributed by atoms with E-state index in [1.54, 1.807) is 43.4 Å². The third kappa shape index (κ3) is 7.50. The van der Waals surface area contributed by atoms with Gasteiger partial charge in [-0.15, -0.1) is 0 Å². The maximum Gasteiger partial charge on any atom is 0.294 e. The Kier molecular flexibility index (Phi) is 9.62. The highest BCUT2D eigenvalue weighted by Gasteiger charge is 2.36. The lowest BCUT2D eigenvalue weighted by atomic mass is 10.0. The van der Waals surface area contributed by atoms with Gasteiger partial charge in [0.25, 0.3) is 10.1 Å². The van der Waals surface area contributed by atoms with E-state index in [-0.39, 0.29) is 22.8 Å². The normalized spacial score (nSPS) is 16.9. The minimum absolute atomic E-state index is 0.191. The number of rotatable bonds is 11. The van der Waals surface area contributed by atoms with Gasteiger partial charge in [0.1, 0.15) is 6.04 Å². The summed E-state index contributed by atoms with van der Waals surface area (Å²) in [6, 6.07) is 14.3. The number of likely N-dealkylation sites (N-methyl/N-ethyl adjacent to an activating group) is 1. The molecule has 3 aromatic rings. The molecular weight excluding hydrogens is 530 g/mol. The molecule has 212 valence electrons. The molecule has 2 heterocycles. The topological polar surface area (TPSA) is 142 Å². The quantitative estimate of drug-likeness (QED) is 0.301. The van der Waals surface area contributed by atoms with Crippen LogP contribution in [-0.4, -0.2) is 65.3 Å². The number of nitrogens with one attached hydrogen (secondary N) is 2. The van der Waals surface area contributed by atoms with Crippen molar-refractivity contribution in [3.63, 3.8) is 0 Å². The standard InChI is InChI=1S/C29H35N5O5S/c1-20(30-2)28(35)33-25(15-12-21-10-13-24(14-11-21)40(37,38)39)29(36)34-16-6-9-27(34)26-19-31-18-23(32-26)17-22-7-4-3-5-8-22/h3-5,7-8,10-11,13-14,18-20,25,27,30H,6,9,12,15-17H2,1-2H3,(H,33,35)(H,37,38,39)/t20-,25-,27+/m0/s1. The number of hydrogen-bond acceptors (Lipinski definition) is 7. The Morgan fingerprint density at radius 1 is 1.07 bits per heavy atom. The molecule has 40 heavy (non-hydrogen) atoms. The first-order valence-electron chi connectivity index (χ1n) is 13.3. The summed E-state index contributed by atoms with van der Waals surface area (Å²) in [5.74, 6) is -0.480. The van der Waals surface area contributed by atoms with Crippen LogP contribution in [0, 0.1) is 0 Å². The van der Waals surface area contributed by atoms with Crippen LogP contribution in [-0.2, 0) is 32.5 Å². The fourth-order valence-electron chi connectivity index (χ4n) is 4.84. The van der Waals surface area contributed by atoms with Crippen LogP contribution in [0.1, 0.15) is 54.7 Å². The van der Waals surface area contributed by atoms with Gasteiger partial charge in [0.15, 0.2) is 0 Å². The van der Waals surface area contributed by atoms with Gasteiger partial charge in [0.05, 0.1) is 34.6 Å². The minimum atomic E-state index is -4.29. The molecule has 1 aliphatic heterocycles. The van der Waals surface area contributed by atoms with Crippen molar-refractivity contribution >= 4 is 21.9 Å². The molecule has 1 aliphatic rings. The second-order valence-corrected chi connectivity index (χ2v) is 11.4. The van der Waals surface area contributed by atoms with Gasteiger partial charge in [-0.2, -0.15) is 8.42 Å². The van der Waals surface area contributed by atoms with Crippen molar-refractivity contribution in [3.05, 3.63) is 89.5 Å². The first kappa shape index (κ1) is 29.3. The molecule has 0 bridgehead atoms. The van der Waals surface area contributed by atoms with Crippen LogP contribution < -0.4 is 10.6 Å². The molecule has 2 aromatic carbocycles. The van der Waals surface area contributed by atoms with E-state index >= 15 is 0 Å². The molecular formula is C29H35N5O5S. The Morgan fingerprint density at radius 3 is 2.48 bits per heavy atom. The van der Waals surface area contributed by atoms with Crippen molar-refractivity contribution in [3.8, 4) is 0 Å². The molecule has 1 fully saturated rings. The van der Waals surface area contributed by atoms with Crippen molar-refractivity contribution in [1.29, 1.82) is 0 Å². The first-order chi connectivity index (χ1) is 19.2. The number of hydrogen-bond donors (Lipinski definition) is 3. The Hall–Kier alpha value is -3.67. The largest absolute Gasteiger partial charge is 0.343 e. The number of carbonyl (C=O) groups excluding carboxylic acids is 2. The van der Waals surface area contributed by atoms with E-state index in [0.717, 1.165) is 35.4 Å². The second-order valence-electron chi connectivity index (χ2n) is 10.0. The lowest BCUT2D eigenvalue weighted by molar-refractivity contribution is -0.137. The van der Waals surface area contributed by atoms with Gasteiger partial charge in [0.2, 0.25) is 11.8 Å².